The second-order valence-electron chi connectivity index (χ2n) is 4.58. The molecule has 0 saturated heterocycles. The van der Waals surface area contributed by atoms with Crippen molar-refractivity contribution in [1.82, 2.24) is 4.98 Å². The van der Waals surface area contributed by atoms with Crippen LogP contribution in [0.15, 0.2) is 17.2 Å². The molecule has 100 valence electrons. The van der Waals surface area contributed by atoms with Gasteiger partial charge in [-0.15, -0.1) is 11.8 Å². The van der Waals surface area contributed by atoms with Crippen LogP contribution in [-0.4, -0.2) is 10.7 Å². The average Bonchev–Trinajstić information content (AvgIpc) is 2.77. The van der Waals surface area contributed by atoms with Crippen molar-refractivity contribution in [3.05, 3.63) is 17.7 Å². The number of anilines is 1. The summed E-state index contributed by atoms with van der Waals surface area (Å²) in [7, 11) is 0. The fourth-order valence-electron chi connectivity index (χ4n) is 2.14. The van der Waals surface area contributed by atoms with Gasteiger partial charge in [-0.25, -0.2) is 4.98 Å². The van der Waals surface area contributed by atoms with E-state index in [2.05, 4.69) is 4.98 Å². The van der Waals surface area contributed by atoms with E-state index in [9.17, 15) is 13.2 Å². The number of nitrogen functional groups attached to an aromatic ring is 1. The maximum Gasteiger partial charge on any atom is 0.416 e. The molecule has 0 spiro atoms. The van der Waals surface area contributed by atoms with E-state index in [1.165, 1.54) is 37.4 Å². The fraction of sp³-hybridized carbons (Fsp3) is 0.583. The lowest BCUT2D eigenvalue weighted by molar-refractivity contribution is -0.137. The lowest BCUT2D eigenvalue weighted by atomic mass is 10.1. The summed E-state index contributed by atoms with van der Waals surface area (Å²) in [5.74, 6) is 1.36. The topological polar surface area (TPSA) is 38.9 Å². The zero-order valence-electron chi connectivity index (χ0n) is 9.83. The monoisotopic (exact) mass is 276 g/mol. The summed E-state index contributed by atoms with van der Waals surface area (Å²) in [5.41, 5.74) is 4.70. The van der Waals surface area contributed by atoms with Crippen molar-refractivity contribution in [3.8, 4) is 0 Å². The largest absolute Gasteiger partial charge is 0.416 e. The lowest BCUT2D eigenvalue weighted by Crippen LogP contribution is -2.07. The SMILES string of the molecule is Nc1cc(C(F)(F)F)cc(SCC2CCCC2)n1. The predicted octanol–water partition coefficient (Wildman–Crippen LogP) is 3.96. The van der Waals surface area contributed by atoms with E-state index < -0.39 is 11.7 Å². The van der Waals surface area contributed by atoms with Crippen LogP contribution in [0.3, 0.4) is 0 Å². The second kappa shape index (κ2) is 5.38. The molecule has 1 aliphatic carbocycles. The molecule has 0 aromatic carbocycles. The predicted molar refractivity (Wildman–Crippen MR) is 66.3 cm³/mol. The van der Waals surface area contributed by atoms with Crippen molar-refractivity contribution in [2.75, 3.05) is 11.5 Å². The minimum Gasteiger partial charge on any atom is -0.384 e. The molecule has 1 aromatic heterocycles. The summed E-state index contributed by atoms with van der Waals surface area (Å²) in [4.78, 5) is 3.95. The number of hydrogen-bond acceptors (Lipinski definition) is 3. The molecule has 0 amide bonds. The number of alkyl halides is 3. The Morgan fingerprint density at radius 3 is 2.56 bits per heavy atom. The second-order valence-corrected chi connectivity index (χ2v) is 5.62. The average molecular weight is 276 g/mol. The fourth-order valence-corrected chi connectivity index (χ4v) is 3.26. The van der Waals surface area contributed by atoms with Crippen molar-refractivity contribution in [1.29, 1.82) is 0 Å². The van der Waals surface area contributed by atoms with E-state index in [-0.39, 0.29) is 5.82 Å². The highest BCUT2D eigenvalue weighted by Crippen LogP contribution is 2.34. The van der Waals surface area contributed by atoms with Crippen molar-refractivity contribution in [2.45, 2.75) is 36.9 Å². The number of nitrogens with zero attached hydrogens (tertiary/aromatic N) is 1. The maximum atomic E-state index is 12.6. The number of halogens is 3. The summed E-state index contributed by atoms with van der Waals surface area (Å²) in [5, 5.41) is 0.370. The highest BCUT2D eigenvalue weighted by molar-refractivity contribution is 7.99. The van der Waals surface area contributed by atoms with Crippen LogP contribution in [0.5, 0.6) is 0 Å². The highest BCUT2D eigenvalue weighted by Gasteiger charge is 2.31. The molecular weight excluding hydrogens is 261 g/mol. The minimum atomic E-state index is -4.36. The van der Waals surface area contributed by atoms with Gasteiger partial charge < -0.3 is 5.73 Å². The van der Waals surface area contributed by atoms with Crippen LogP contribution in [0.25, 0.3) is 0 Å². The molecule has 0 radical (unpaired) electrons. The van der Waals surface area contributed by atoms with Gasteiger partial charge >= 0.3 is 6.18 Å². The molecule has 1 saturated carbocycles. The van der Waals surface area contributed by atoms with E-state index in [0.29, 0.717) is 10.9 Å². The smallest absolute Gasteiger partial charge is 0.384 e. The molecule has 0 atom stereocenters. The van der Waals surface area contributed by atoms with E-state index in [1.807, 2.05) is 0 Å². The number of rotatable bonds is 3. The van der Waals surface area contributed by atoms with Crippen molar-refractivity contribution in [2.24, 2.45) is 5.92 Å². The summed E-state index contributed by atoms with van der Waals surface area (Å²) in [6.45, 7) is 0. The highest BCUT2D eigenvalue weighted by atomic mass is 32.2. The molecule has 1 heterocycles. The molecule has 2 N–H and O–H groups in total. The van der Waals surface area contributed by atoms with Crippen LogP contribution in [0.2, 0.25) is 0 Å². The quantitative estimate of drug-likeness (QED) is 0.849. The molecule has 0 unspecified atom stereocenters. The molecule has 1 aromatic rings. The summed E-state index contributed by atoms with van der Waals surface area (Å²) in [6, 6.07) is 1.95. The molecule has 1 fully saturated rings. The van der Waals surface area contributed by atoms with Crippen molar-refractivity contribution >= 4 is 17.6 Å². The molecular formula is C12H15F3N2S. The zero-order valence-corrected chi connectivity index (χ0v) is 10.7. The molecule has 1 aliphatic rings. The Morgan fingerprint density at radius 2 is 1.94 bits per heavy atom. The van der Waals surface area contributed by atoms with Gasteiger partial charge in [-0.2, -0.15) is 13.2 Å². The Balaban J connectivity index is 2.05. The third-order valence-electron chi connectivity index (χ3n) is 3.09. The Bertz CT molecular complexity index is 414. The number of hydrogen-bond donors (Lipinski definition) is 1. The van der Waals surface area contributed by atoms with Gasteiger partial charge in [-0.1, -0.05) is 12.8 Å². The van der Waals surface area contributed by atoms with Crippen LogP contribution >= 0.6 is 11.8 Å². The van der Waals surface area contributed by atoms with E-state index in [0.717, 1.165) is 17.9 Å². The molecule has 6 heteroatoms. The maximum absolute atomic E-state index is 12.6. The number of pyridine rings is 1. The van der Waals surface area contributed by atoms with Crippen LogP contribution in [0, 0.1) is 5.92 Å². The minimum absolute atomic E-state index is 0.0706. The van der Waals surface area contributed by atoms with Crippen LogP contribution in [0.1, 0.15) is 31.2 Å². The Kier molecular flexibility index (Phi) is 4.04. The first-order valence-corrected chi connectivity index (χ1v) is 6.91. The van der Waals surface area contributed by atoms with E-state index >= 15 is 0 Å². The number of nitrogens with two attached hydrogens (primary N) is 1. The molecule has 0 aliphatic heterocycles. The van der Waals surface area contributed by atoms with Gasteiger partial charge in [0.25, 0.3) is 0 Å². The summed E-state index contributed by atoms with van der Waals surface area (Å²) < 4.78 is 37.8. The van der Waals surface area contributed by atoms with Gasteiger partial charge in [0.2, 0.25) is 0 Å². The summed E-state index contributed by atoms with van der Waals surface area (Å²) >= 11 is 1.37. The first-order chi connectivity index (χ1) is 8.45. The third-order valence-corrected chi connectivity index (χ3v) is 4.23. The zero-order chi connectivity index (χ0) is 13.2. The Morgan fingerprint density at radius 1 is 1.28 bits per heavy atom. The standard InChI is InChI=1S/C12H15F3N2S/c13-12(14,15)9-5-10(16)17-11(6-9)18-7-8-3-1-2-4-8/h5-6,8H,1-4,7H2,(H2,16,17). The molecule has 2 rings (SSSR count). The molecule has 18 heavy (non-hydrogen) atoms. The van der Waals surface area contributed by atoms with Gasteiger partial charge in [0.1, 0.15) is 5.82 Å². The Labute approximate surface area is 108 Å². The van der Waals surface area contributed by atoms with Crippen LogP contribution in [0.4, 0.5) is 19.0 Å². The Hall–Kier alpha value is -0.910. The van der Waals surface area contributed by atoms with Gasteiger partial charge in [-0.05, 0) is 30.9 Å². The van der Waals surface area contributed by atoms with Gasteiger partial charge in [-0.3, -0.25) is 0 Å². The van der Waals surface area contributed by atoms with Gasteiger partial charge in [0.05, 0.1) is 10.6 Å². The first kappa shape index (κ1) is 13.5. The normalized spacial score (nSPS) is 17.3. The lowest BCUT2D eigenvalue weighted by Gasteiger charge is -2.11. The van der Waals surface area contributed by atoms with Gasteiger partial charge in [0, 0.05) is 5.75 Å². The third kappa shape index (κ3) is 3.54. The van der Waals surface area contributed by atoms with Crippen molar-refractivity contribution in [3.63, 3.8) is 0 Å². The molecule has 2 nitrogen and oxygen atoms in total. The number of thioether (sulfide) groups is 1. The van der Waals surface area contributed by atoms with Crippen LogP contribution < -0.4 is 5.73 Å². The molecule has 0 bridgehead atoms. The van der Waals surface area contributed by atoms with E-state index in [4.69, 9.17) is 5.73 Å². The first-order valence-electron chi connectivity index (χ1n) is 5.93. The van der Waals surface area contributed by atoms with Crippen LogP contribution in [-0.2, 0) is 6.18 Å². The van der Waals surface area contributed by atoms with Gasteiger partial charge in [0.15, 0.2) is 0 Å². The van der Waals surface area contributed by atoms with Crippen molar-refractivity contribution < 1.29 is 13.2 Å². The number of aromatic nitrogens is 1. The summed E-state index contributed by atoms with van der Waals surface area (Å²) in [6.07, 6.45) is 0.426. The van der Waals surface area contributed by atoms with E-state index in [1.54, 1.807) is 0 Å².